The summed E-state index contributed by atoms with van der Waals surface area (Å²) in [6.07, 6.45) is 7.11. The third kappa shape index (κ3) is 8.05. The number of hydrogen-bond acceptors (Lipinski definition) is 2. The minimum Gasteiger partial charge on any atom is -0.310 e. The number of para-hydroxylation sites is 3. The number of nitrogens with zero attached hydrogens (tertiary/aromatic N) is 2. The van der Waals surface area contributed by atoms with Crippen LogP contribution in [0.3, 0.4) is 0 Å². The van der Waals surface area contributed by atoms with Gasteiger partial charge in [-0.3, -0.25) is 0 Å². The van der Waals surface area contributed by atoms with Gasteiger partial charge in [-0.15, -0.1) is 0 Å². The second-order valence-corrected chi connectivity index (χ2v) is 24.8. The fourth-order valence-corrected chi connectivity index (χ4v) is 16.5. The molecule has 0 saturated heterocycles. The van der Waals surface area contributed by atoms with Gasteiger partial charge in [-0.2, -0.15) is 0 Å². The van der Waals surface area contributed by atoms with Crippen LogP contribution in [0.15, 0.2) is 261 Å². The van der Waals surface area contributed by atoms with Gasteiger partial charge >= 0.3 is 0 Å². The van der Waals surface area contributed by atoms with E-state index in [9.17, 15) is 0 Å². The maximum atomic E-state index is 2.63. The van der Waals surface area contributed by atoms with E-state index in [1.165, 1.54) is 120 Å². The first-order chi connectivity index (χ1) is 40.4. The predicted molar refractivity (Wildman–Crippen MR) is 342 cm³/mol. The lowest BCUT2D eigenvalue weighted by molar-refractivity contribution is 0.249. The van der Waals surface area contributed by atoms with Gasteiger partial charge in [0.25, 0.3) is 0 Å². The smallest absolute Gasteiger partial charge is 0.0543 e. The number of hydrogen-bond donors (Lipinski definition) is 0. The normalized spacial score (nSPS) is 19.3. The fourth-order valence-electron chi connectivity index (χ4n) is 16.5. The van der Waals surface area contributed by atoms with E-state index in [-0.39, 0.29) is 5.41 Å². The van der Waals surface area contributed by atoms with Crippen LogP contribution in [-0.2, 0) is 18.3 Å². The van der Waals surface area contributed by atoms with Gasteiger partial charge in [0.1, 0.15) is 0 Å². The molecule has 0 aliphatic heterocycles. The van der Waals surface area contributed by atoms with Crippen molar-refractivity contribution < 1.29 is 0 Å². The van der Waals surface area contributed by atoms with Gasteiger partial charge in [-0.05, 0) is 224 Å². The molecule has 5 atom stereocenters. The molecule has 0 radical (unpaired) electrons. The number of fused-ring (bicyclic) bond motifs is 9. The lowest BCUT2D eigenvalue weighted by Gasteiger charge is -2.35. The summed E-state index contributed by atoms with van der Waals surface area (Å²) < 4.78 is 0. The molecule has 0 aromatic heterocycles. The van der Waals surface area contributed by atoms with Crippen LogP contribution in [0, 0.1) is 23.7 Å². The molecular weight excluding hydrogens is 989 g/mol. The first-order valence-electron chi connectivity index (χ1n) is 30.1. The van der Waals surface area contributed by atoms with Gasteiger partial charge in [-0.25, -0.2) is 0 Å². The Morgan fingerprint density at radius 2 is 0.793 bits per heavy atom. The van der Waals surface area contributed by atoms with Crippen molar-refractivity contribution in [2.45, 2.75) is 63.7 Å². The summed E-state index contributed by atoms with van der Waals surface area (Å²) in [6.45, 7) is 4.75. The van der Waals surface area contributed by atoms with Gasteiger partial charge in [0, 0.05) is 39.3 Å². The van der Waals surface area contributed by atoms with Crippen LogP contribution in [0.25, 0.3) is 55.6 Å². The second-order valence-electron chi connectivity index (χ2n) is 24.8. The van der Waals surface area contributed by atoms with Crippen molar-refractivity contribution in [1.29, 1.82) is 0 Å². The molecule has 11 aromatic carbocycles. The van der Waals surface area contributed by atoms with E-state index in [0.29, 0.717) is 5.92 Å². The molecule has 4 fully saturated rings. The van der Waals surface area contributed by atoms with Crippen molar-refractivity contribution in [3.8, 4) is 55.6 Å². The third-order valence-corrected chi connectivity index (χ3v) is 19.9. The summed E-state index contributed by atoms with van der Waals surface area (Å²) in [5, 5.41) is 0. The van der Waals surface area contributed by atoms with Crippen molar-refractivity contribution in [3.05, 3.63) is 300 Å². The van der Waals surface area contributed by atoms with Crippen molar-refractivity contribution in [1.82, 2.24) is 0 Å². The van der Waals surface area contributed by atoms with Gasteiger partial charge in [0.2, 0.25) is 0 Å². The molecule has 0 heterocycles. The Bertz CT molecular complexity index is 4190. The van der Waals surface area contributed by atoms with E-state index < -0.39 is 0 Å². The zero-order chi connectivity index (χ0) is 54.5. The number of anilines is 6. The average molecular weight is 1060 g/mol. The predicted octanol–water partition coefficient (Wildman–Crippen LogP) is 21.2. The van der Waals surface area contributed by atoms with E-state index >= 15 is 0 Å². The van der Waals surface area contributed by atoms with Crippen LogP contribution >= 0.6 is 0 Å². The van der Waals surface area contributed by atoms with Gasteiger partial charge < -0.3 is 9.80 Å². The lowest BCUT2D eigenvalue weighted by atomic mass is 9.71. The van der Waals surface area contributed by atoms with E-state index in [1.807, 2.05) is 0 Å². The highest BCUT2D eigenvalue weighted by Crippen LogP contribution is 2.65. The summed E-state index contributed by atoms with van der Waals surface area (Å²) >= 11 is 0. The molecule has 2 heteroatoms. The molecule has 2 nitrogen and oxygen atoms in total. The quantitative estimate of drug-likeness (QED) is 0.142. The molecule has 0 amide bonds. The highest BCUT2D eigenvalue weighted by molar-refractivity contribution is 5.97. The van der Waals surface area contributed by atoms with Crippen LogP contribution in [0.5, 0.6) is 0 Å². The van der Waals surface area contributed by atoms with Gasteiger partial charge in [0.15, 0.2) is 0 Å². The molecule has 17 rings (SSSR count). The van der Waals surface area contributed by atoms with Crippen molar-refractivity contribution in [2.24, 2.45) is 23.7 Å². The molecule has 11 aromatic rings. The number of rotatable bonds is 9. The SMILES string of the molecule is CC1(C)c2ccccc2-c2cc(N(c3ccccc3)c3cc4c(cc3-c3ccccc3)-c3ccccc3Cc3cc(N(c5ccccc5)c5ccccc5)c(-c5ccccc5C5C6CC7CC(C6)C5C7)cc3-c3ccccc3C4)ccc21. The minimum absolute atomic E-state index is 0.0966. The Hall–Kier alpha value is -8.98. The van der Waals surface area contributed by atoms with Crippen LogP contribution < -0.4 is 9.80 Å². The monoisotopic (exact) mass is 1050 g/mol. The van der Waals surface area contributed by atoms with E-state index in [1.54, 1.807) is 5.56 Å². The molecule has 82 heavy (non-hydrogen) atoms. The molecule has 396 valence electrons. The first-order valence-corrected chi connectivity index (χ1v) is 30.1. The Balaban J connectivity index is 0.936. The second kappa shape index (κ2) is 19.6. The van der Waals surface area contributed by atoms with E-state index in [4.69, 9.17) is 0 Å². The molecule has 4 bridgehead atoms. The maximum Gasteiger partial charge on any atom is 0.0543 e. The van der Waals surface area contributed by atoms with Crippen LogP contribution in [0.4, 0.5) is 34.1 Å². The Morgan fingerprint density at radius 1 is 0.317 bits per heavy atom. The summed E-state index contributed by atoms with van der Waals surface area (Å²) in [6, 6.07) is 99.1. The fraction of sp³-hybridized carbons (Fsp3) is 0.175. The topological polar surface area (TPSA) is 6.48 Å². The molecule has 5 unspecified atom stereocenters. The van der Waals surface area contributed by atoms with Crippen molar-refractivity contribution >= 4 is 34.1 Å². The molecular formula is C80H66N2. The summed E-state index contributed by atoms with van der Waals surface area (Å²) in [5.41, 5.74) is 29.3. The molecule has 0 spiro atoms. The highest BCUT2D eigenvalue weighted by atomic mass is 15.2. The first kappa shape index (κ1) is 48.9. The summed E-state index contributed by atoms with van der Waals surface area (Å²) in [5.74, 6) is 3.91. The standard InChI is InChI=1S/C80H66N2/c1-80(2)75-38-22-21-36-67(75)73-49-63(39-40-76(73)80)82(62-31-13-6-14-32-62)77-47-57-44-55-26-16-18-34-65(55)70-51-74(66-35-19-20-37-68(66)79-59-42-52-41-56(46-59)72(79)43-52)78(81(60-27-9-4-10-28-60)61-29-11-5-12-30-61)48-58(70)45-54-25-15-17-33-64(54)69(57)50-71(77)53-23-7-3-8-24-53/h3-40,47-52,56,59,72,79H,41-46H2,1-2H3. The molecule has 6 aliphatic rings. The Morgan fingerprint density at radius 3 is 1.40 bits per heavy atom. The summed E-state index contributed by atoms with van der Waals surface area (Å²) in [7, 11) is 0. The van der Waals surface area contributed by atoms with E-state index in [0.717, 1.165) is 65.0 Å². The zero-order valence-corrected chi connectivity index (χ0v) is 46.8. The largest absolute Gasteiger partial charge is 0.310 e. The Kier molecular flexibility index (Phi) is 11.7. The molecule has 4 saturated carbocycles. The van der Waals surface area contributed by atoms with E-state index in [2.05, 4.69) is 285 Å². The summed E-state index contributed by atoms with van der Waals surface area (Å²) in [4.78, 5) is 5.07. The van der Waals surface area contributed by atoms with Crippen LogP contribution in [-0.4, -0.2) is 0 Å². The highest BCUT2D eigenvalue weighted by Gasteiger charge is 2.54. The minimum atomic E-state index is -0.0966. The maximum absolute atomic E-state index is 2.63. The Labute approximate surface area is 484 Å². The molecule has 0 N–H and O–H groups in total. The van der Waals surface area contributed by atoms with Crippen LogP contribution in [0.1, 0.15) is 84.4 Å². The number of benzene rings is 11. The lowest BCUT2D eigenvalue weighted by Crippen LogP contribution is -2.22. The third-order valence-electron chi connectivity index (χ3n) is 19.9. The van der Waals surface area contributed by atoms with Crippen LogP contribution in [0.2, 0.25) is 0 Å². The molecule has 6 aliphatic carbocycles. The zero-order valence-electron chi connectivity index (χ0n) is 46.8. The van der Waals surface area contributed by atoms with Gasteiger partial charge in [-0.1, -0.05) is 202 Å². The van der Waals surface area contributed by atoms with Crippen molar-refractivity contribution in [3.63, 3.8) is 0 Å². The van der Waals surface area contributed by atoms with Gasteiger partial charge in [0.05, 0.1) is 11.4 Å². The average Bonchev–Trinajstić information content (AvgIpc) is 3.68. The van der Waals surface area contributed by atoms with Crippen molar-refractivity contribution in [2.75, 3.05) is 9.80 Å².